The van der Waals surface area contributed by atoms with Crippen molar-refractivity contribution in [1.82, 2.24) is 9.55 Å². The molecule has 1 aromatic heterocycles. The summed E-state index contributed by atoms with van der Waals surface area (Å²) in [5.74, 6) is 0.583. The van der Waals surface area contributed by atoms with Gasteiger partial charge in [0.2, 0.25) is 5.28 Å². The summed E-state index contributed by atoms with van der Waals surface area (Å²) in [6.45, 7) is 2.84. The highest BCUT2D eigenvalue weighted by atomic mass is 35.5. The highest BCUT2D eigenvalue weighted by Crippen LogP contribution is 2.40. The van der Waals surface area contributed by atoms with E-state index in [9.17, 15) is 4.79 Å². The first-order valence-corrected chi connectivity index (χ1v) is 8.12. The molecule has 0 radical (unpaired) electrons. The van der Waals surface area contributed by atoms with Gasteiger partial charge in [0.1, 0.15) is 0 Å². The standard InChI is InChI=1S/C17H19ClN4O/c1-2-20-9-11(8-19)10-22-16(23)14-7-13(12-3-4-12)5-6-15(14)21-17(22)18/h5-9,12H,2-4,10,19H2,1H3/b11-8+,20-9?. The first-order chi connectivity index (χ1) is 11.1. The zero-order valence-electron chi connectivity index (χ0n) is 13.0. The molecule has 5 nitrogen and oxygen atoms in total. The Bertz CT molecular complexity index is 850. The molecule has 2 N–H and O–H groups in total. The van der Waals surface area contributed by atoms with E-state index in [1.54, 1.807) is 6.21 Å². The number of fused-ring (bicyclic) bond motifs is 1. The third-order valence-electron chi connectivity index (χ3n) is 3.97. The molecule has 1 fully saturated rings. The van der Waals surface area contributed by atoms with Crippen LogP contribution < -0.4 is 11.3 Å². The molecule has 0 aliphatic heterocycles. The Balaban J connectivity index is 2.05. The summed E-state index contributed by atoms with van der Waals surface area (Å²) < 4.78 is 1.43. The number of nitrogens with two attached hydrogens (primary N) is 1. The molecule has 1 aliphatic rings. The minimum Gasteiger partial charge on any atom is -0.404 e. The van der Waals surface area contributed by atoms with Crippen LogP contribution in [0.3, 0.4) is 0 Å². The number of rotatable bonds is 5. The summed E-state index contributed by atoms with van der Waals surface area (Å²) in [6.07, 6.45) is 5.48. The van der Waals surface area contributed by atoms with E-state index in [1.807, 2.05) is 25.1 Å². The van der Waals surface area contributed by atoms with E-state index in [4.69, 9.17) is 17.3 Å². The van der Waals surface area contributed by atoms with Crippen molar-refractivity contribution in [2.45, 2.75) is 32.2 Å². The average molecular weight is 331 g/mol. The van der Waals surface area contributed by atoms with Crippen molar-refractivity contribution in [3.63, 3.8) is 0 Å². The van der Waals surface area contributed by atoms with Gasteiger partial charge < -0.3 is 5.73 Å². The summed E-state index contributed by atoms with van der Waals surface area (Å²) in [5.41, 5.74) is 8.01. The summed E-state index contributed by atoms with van der Waals surface area (Å²) in [6, 6.07) is 5.85. The quantitative estimate of drug-likeness (QED) is 0.676. The Morgan fingerprint density at radius 3 is 2.96 bits per heavy atom. The van der Waals surface area contributed by atoms with Crippen molar-refractivity contribution >= 4 is 28.7 Å². The molecule has 1 aliphatic carbocycles. The Hall–Kier alpha value is -2.14. The second-order valence-electron chi connectivity index (χ2n) is 5.69. The van der Waals surface area contributed by atoms with E-state index < -0.39 is 0 Å². The van der Waals surface area contributed by atoms with Crippen molar-refractivity contribution < 1.29 is 0 Å². The molecule has 23 heavy (non-hydrogen) atoms. The Labute approximate surface area is 139 Å². The second kappa shape index (κ2) is 6.54. The van der Waals surface area contributed by atoms with Crippen molar-refractivity contribution in [3.05, 3.63) is 51.2 Å². The molecule has 120 valence electrons. The molecule has 6 heteroatoms. The molecule has 3 rings (SSSR count). The number of halogens is 1. The van der Waals surface area contributed by atoms with E-state index >= 15 is 0 Å². The van der Waals surface area contributed by atoms with Gasteiger partial charge in [-0.3, -0.25) is 14.4 Å². The molecule has 0 unspecified atom stereocenters. The number of allylic oxidation sites excluding steroid dienone is 1. The van der Waals surface area contributed by atoms with Gasteiger partial charge in [0.05, 0.1) is 17.4 Å². The average Bonchev–Trinajstić information content (AvgIpc) is 3.39. The smallest absolute Gasteiger partial charge is 0.262 e. The Morgan fingerprint density at radius 1 is 1.52 bits per heavy atom. The normalized spacial score (nSPS) is 15.7. The van der Waals surface area contributed by atoms with Crippen LogP contribution in [0.15, 0.2) is 39.8 Å². The molecule has 0 bridgehead atoms. The topological polar surface area (TPSA) is 73.3 Å². The van der Waals surface area contributed by atoms with Crippen LogP contribution in [0.4, 0.5) is 0 Å². The first-order valence-electron chi connectivity index (χ1n) is 7.74. The second-order valence-corrected chi connectivity index (χ2v) is 6.03. The number of hydrogen-bond donors (Lipinski definition) is 1. The van der Waals surface area contributed by atoms with Gasteiger partial charge >= 0.3 is 0 Å². The monoisotopic (exact) mass is 330 g/mol. The van der Waals surface area contributed by atoms with E-state index in [0.29, 0.717) is 23.4 Å². The fourth-order valence-electron chi connectivity index (χ4n) is 2.55. The summed E-state index contributed by atoms with van der Waals surface area (Å²) in [7, 11) is 0. The predicted molar refractivity (Wildman–Crippen MR) is 94.3 cm³/mol. The van der Waals surface area contributed by atoms with Crippen LogP contribution in [0, 0.1) is 0 Å². The van der Waals surface area contributed by atoms with Crippen molar-refractivity contribution in [3.8, 4) is 0 Å². The molecular weight excluding hydrogens is 312 g/mol. The van der Waals surface area contributed by atoms with Gasteiger partial charge in [0.15, 0.2) is 0 Å². The van der Waals surface area contributed by atoms with Gasteiger partial charge in [-0.2, -0.15) is 0 Å². The number of nitrogens with zero attached hydrogens (tertiary/aromatic N) is 3. The molecule has 2 aromatic rings. The van der Waals surface area contributed by atoms with Crippen LogP contribution in [0.1, 0.15) is 31.2 Å². The van der Waals surface area contributed by atoms with Crippen LogP contribution in [0.2, 0.25) is 5.28 Å². The molecule has 1 saturated carbocycles. The van der Waals surface area contributed by atoms with Crippen molar-refractivity contribution in [2.24, 2.45) is 10.7 Å². The minimum absolute atomic E-state index is 0.147. The minimum atomic E-state index is -0.147. The van der Waals surface area contributed by atoms with Crippen LogP contribution in [0.5, 0.6) is 0 Å². The zero-order valence-corrected chi connectivity index (χ0v) is 13.8. The fraction of sp³-hybridized carbons (Fsp3) is 0.353. The lowest BCUT2D eigenvalue weighted by Crippen LogP contribution is -2.24. The Kier molecular flexibility index (Phi) is 4.48. The van der Waals surface area contributed by atoms with E-state index in [0.717, 1.165) is 5.57 Å². The molecule has 1 heterocycles. The van der Waals surface area contributed by atoms with Crippen LogP contribution >= 0.6 is 11.6 Å². The summed E-state index contributed by atoms with van der Waals surface area (Å²) >= 11 is 6.20. The zero-order chi connectivity index (χ0) is 16.4. The van der Waals surface area contributed by atoms with E-state index in [2.05, 4.69) is 9.98 Å². The lowest BCUT2D eigenvalue weighted by atomic mass is 10.1. The predicted octanol–water partition coefficient (Wildman–Crippen LogP) is 2.86. The number of aromatic nitrogens is 2. The van der Waals surface area contributed by atoms with Gasteiger partial charge in [-0.25, -0.2) is 4.98 Å². The lowest BCUT2D eigenvalue weighted by molar-refractivity contribution is 0.754. The SMILES string of the molecule is CCN=C/C(=C\N)Cn1c(Cl)nc2ccc(C3CC3)cc2c1=O. The fourth-order valence-corrected chi connectivity index (χ4v) is 2.77. The lowest BCUT2D eigenvalue weighted by Gasteiger charge is -2.10. The van der Waals surface area contributed by atoms with Crippen LogP contribution in [0.25, 0.3) is 10.9 Å². The van der Waals surface area contributed by atoms with Crippen molar-refractivity contribution in [1.29, 1.82) is 0 Å². The van der Waals surface area contributed by atoms with Crippen LogP contribution in [-0.4, -0.2) is 22.3 Å². The maximum atomic E-state index is 12.8. The molecular formula is C17H19ClN4O. The molecule has 1 aromatic carbocycles. The number of hydrogen-bond acceptors (Lipinski definition) is 4. The van der Waals surface area contributed by atoms with Gasteiger partial charge in [-0.1, -0.05) is 6.07 Å². The summed E-state index contributed by atoms with van der Waals surface area (Å²) in [5, 5.41) is 0.758. The maximum absolute atomic E-state index is 12.8. The van der Waals surface area contributed by atoms with Crippen LogP contribution in [-0.2, 0) is 6.54 Å². The third kappa shape index (κ3) is 3.29. The number of benzene rings is 1. The molecule has 0 saturated heterocycles. The molecule has 0 spiro atoms. The molecule has 0 atom stereocenters. The van der Waals surface area contributed by atoms with Gasteiger partial charge in [-0.15, -0.1) is 0 Å². The largest absolute Gasteiger partial charge is 0.404 e. The third-order valence-corrected chi connectivity index (χ3v) is 4.26. The number of aliphatic imine (C=N–C) groups is 1. The Morgan fingerprint density at radius 2 is 2.30 bits per heavy atom. The highest BCUT2D eigenvalue weighted by Gasteiger charge is 2.24. The first kappa shape index (κ1) is 15.7. The van der Waals surface area contributed by atoms with E-state index in [-0.39, 0.29) is 17.4 Å². The highest BCUT2D eigenvalue weighted by molar-refractivity contribution is 6.28. The summed E-state index contributed by atoms with van der Waals surface area (Å²) in [4.78, 5) is 21.3. The molecule has 0 amide bonds. The van der Waals surface area contributed by atoms with Gasteiger partial charge in [0.25, 0.3) is 5.56 Å². The van der Waals surface area contributed by atoms with Gasteiger partial charge in [0, 0.05) is 24.5 Å². The van der Waals surface area contributed by atoms with Crippen molar-refractivity contribution in [2.75, 3.05) is 6.54 Å². The maximum Gasteiger partial charge on any atom is 0.262 e. The van der Waals surface area contributed by atoms with Gasteiger partial charge in [-0.05, 0) is 55.0 Å². The van der Waals surface area contributed by atoms with E-state index in [1.165, 1.54) is 29.2 Å².